The Morgan fingerprint density at radius 3 is 2.84 bits per heavy atom. The van der Waals surface area contributed by atoms with Gasteiger partial charge < -0.3 is 20.5 Å². The summed E-state index contributed by atoms with van der Waals surface area (Å²) in [5.41, 5.74) is 7.34. The van der Waals surface area contributed by atoms with Gasteiger partial charge in [0.05, 0.1) is 31.0 Å². The number of hydrogen-bond donors (Lipinski definition) is 2. The second-order valence-corrected chi connectivity index (χ2v) is 4.05. The molecule has 0 aliphatic rings. The van der Waals surface area contributed by atoms with Crippen molar-refractivity contribution in [1.29, 1.82) is 0 Å². The number of esters is 1. The summed E-state index contributed by atoms with van der Waals surface area (Å²) in [4.78, 5) is 11.2. The second-order valence-electron chi connectivity index (χ2n) is 4.05. The molecule has 0 aromatic heterocycles. The summed E-state index contributed by atoms with van der Waals surface area (Å²) in [6.45, 7) is 5.35. The Morgan fingerprint density at radius 2 is 2.16 bits per heavy atom. The number of ether oxygens (including phenoxy) is 2. The normalized spacial score (nSPS) is 10.0. The summed E-state index contributed by atoms with van der Waals surface area (Å²) in [5.74, 6) is 0.454. The molecule has 0 amide bonds. The maximum Gasteiger partial charge on any atom is 0.307 e. The van der Waals surface area contributed by atoms with Crippen molar-refractivity contribution in [3.8, 4) is 5.75 Å². The first-order valence-corrected chi connectivity index (χ1v) is 6.59. The molecule has 3 N–H and O–H groups in total. The minimum atomic E-state index is -0.216. The molecule has 1 aromatic carbocycles. The fourth-order valence-corrected chi connectivity index (χ4v) is 1.57. The Balaban J connectivity index is 2.51. The van der Waals surface area contributed by atoms with Crippen LogP contribution in [0.1, 0.15) is 26.7 Å². The van der Waals surface area contributed by atoms with Crippen molar-refractivity contribution in [2.24, 2.45) is 0 Å². The smallest absolute Gasteiger partial charge is 0.307 e. The molecule has 0 radical (unpaired) electrons. The van der Waals surface area contributed by atoms with Crippen molar-refractivity contribution < 1.29 is 14.3 Å². The molecule has 19 heavy (non-hydrogen) atoms. The third kappa shape index (κ3) is 5.07. The van der Waals surface area contributed by atoms with E-state index in [2.05, 4.69) is 5.32 Å². The Hall–Kier alpha value is -1.91. The van der Waals surface area contributed by atoms with Gasteiger partial charge in [0.1, 0.15) is 5.75 Å². The molecule has 0 heterocycles. The van der Waals surface area contributed by atoms with Gasteiger partial charge in [-0.1, -0.05) is 13.0 Å². The molecule has 0 aliphatic carbocycles. The fraction of sp³-hybridized carbons (Fsp3) is 0.500. The van der Waals surface area contributed by atoms with Crippen LogP contribution >= 0.6 is 0 Å². The number of benzene rings is 1. The molecule has 5 heteroatoms. The summed E-state index contributed by atoms with van der Waals surface area (Å²) in [7, 11) is 0. The van der Waals surface area contributed by atoms with Crippen molar-refractivity contribution in [2.75, 3.05) is 30.8 Å². The third-order valence-electron chi connectivity index (χ3n) is 2.48. The predicted octanol–water partition coefficient (Wildman–Crippen LogP) is 2.42. The van der Waals surface area contributed by atoms with E-state index in [1.165, 1.54) is 0 Å². The van der Waals surface area contributed by atoms with Gasteiger partial charge in [0.15, 0.2) is 0 Å². The molecule has 0 aliphatic heterocycles. The largest absolute Gasteiger partial charge is 0.491 e. The molecule has 0 saturated carbocycles. The van der Waals surface area contributed by atoms with Crippen LogP contribution in [0.25, 0.3) is 0 Å². The summed E-state index contributed by atoms with van der Waals surface area (Å²) in [5, 5.41) is 3.11. The van der Waals surface area contributed by atoms with Crippen LogP contribution in [0, 0.1) is 0 Å². The van der Waals surface area contributed by atoms with Crippen LogP contribution in [-0.4, -0.2) is 25.7 Å². The minimum absolute atomic E-state index is 0.216. The standard InChI is InChI=1S/C14H22N2O3/c1-3-10-19-12-7-5-6-11(14(12)15)16-9-8-13(17)18-4-2/h5-7,16H,3-4,8-10,15H2,1-2H3. The number of anilines is 2. The van der Waals surface area contributed by atoms with Crippen LogP contribution in [0.4, 0.5) is 11.4 Å². The Bertz CT molecular complexity index is 408. The highest BCUT2D eigenvalue weighted by Gasteiger charge is 2.06. The monoisotopic (exact) mass is 266 g/mol. The summed E-state index contributed by atoms with van der Waals surface area (Å²) >= 11 is 0. The Labute approximate surface area is 114 Å². The number of nitrogens with one attached hydrogen (secondary N) is 1. The Kier molecular flexibility index (Phi) is 6.57. The molecule has 5 nitrogen and oxygen atoms in total. The van der Waals surface area contributed by atoms with Gasteiger partial charge in [-0.2, -0.15) is 0 Å². The average molecular weight is 266 g/mol. The molecular formula is C14H22N2O3. The number of para-hydroxylation sites is 1. The fourth-order valence-electron chi connectivity index (χ4n) is 1.57. The molecule has 0 saturated heterocycles. The first-order chi connectivity index (χ1) is 9.19. The van der Waals surface area contributed by atoms with E-state index < -0.39 is 0 Å². The van der Waals surface area contributed by atoms with Crippen molar-refractivity contribution in [1.82, 2.24) is 0 Å². The molecular weight excluding hydrogens is 244 g/mol. The Morgan fingerprint density at radius 1 is 1.37 bits per heavy atom. The predicted molar refractivity (Wildman–Crippen MR) is 76.4 cm³/mol. The first kappa shape index (κ1) is 15.1. The molecule has 1 aromatic rings. The third-order valence-corrected chi connectivity index (χ3v) is 2.48. The van der Waals surface area contributed by atoms with Crippen LogP contribution in [0.2, 0.25) is 0 Å². The molecule has 0 spiro atoms. The zero-order chi connectivity index (χ0) is 14.1. The lowest BCUT2D eigenvalue weighted by atomic mass is 10.2. The number of carbonyl (C=O) groups is 1. The van der Waals surface area contributed by atoms with Gasteiger partial charge in [-0.3, -0.25) is 4.79 Å². The van der Waals surface area contributed by atoms with Crippen molar-refractivity contribution >= 4 is 17.3 Å². The van der Waals surface area contributed by atoms with Gasteiger partial charge in [-0.25, -0.2) is 0 Å². The molecule has 1 rings (SSSR count). The highest BCUT2D eigenvalue weighted by atomic mass is 16.5. The molecule has 0 bridgehead atoms. The number of rotatable bonds is 8. The number of hydrogen-bond acceptors (Lipinski definition) is 5. The number of carbonyl (C=O) groups excluding carboxylic acids is 1. The van der Waals surface area contributed by atoms with Gasteiger partial charge in [-0.15, -0.1) is 0 Å². The van der Waals surface area contributed by atoms with E-state index in [1.54, 1.807) is 6.92 Å². The molecule has 0 unspecified atom stereocenters. The van der Waals surface area contributed by atoms with E-state index in [1.807, 2.05) is 25.1 Å². The topological polar surface area (TPSA) is 73.6 Å². The van der Waals surface area contributed by atoms with Crippen LogP contribution < -0.4 is 15.8 Å². The van der Waals surface area contributed by atoms with E-state index in [-0.39, 0.29) is 5.97 Å². The molecule has 0 fully saturated rings. The van der Waals surface area contributed by atoms with Crippen LogP contribution in [0.5, 0.6) is 5.75 Å². The zero-order valence-corrected chi connectivity index (χ0v) is 11.6. The van der Waals surface area contributed by atoms with Crippen molar-refractivity contribution in [3.05, 3.63) is 18.2 Å². The van der Waals surface area contributed by atoms with Crippen LogP contribution in [-0.2, 0) is 9.53 Å². The van der Waals surface area contributed by atoms with E-state index in [9.17, 15) is 4.79 Å². The molecule has 106 valence electrons. The van der Waals surface area contributed by atoms with E-state index in [0.717, 1.165) is 12.1 Å². The highest BCUT2D eigenvalue weighted by molar-refractivity contribution is 5.74. The lowest BCUT2D eigenvalue weighted by Gasteiger charge is -2.13. The van der Waals surface area contributed by atoms with E-state index in [0.29, 0.717) is 37.6 Å². The highest BCUT2D eigenvalue weighted by Crippen LogP contribution is 2.29. The van der Waals surface area contributed by atoms with Crippen LogP contribution in [0.15, 0.2) is 18.2 Å². The number of nitrogens with two attached hydrogens (primary N) is 1. The van der Waals surface area contributed by atoms with Gasteiger partial charge in [0.25, 0.3) is 0 Å². The van der Waals surface area contributed by atoms with Crippen molar-refractivity contribution in [2.45, 2.75) is 26.7 Å². The summed E-state index contributed by atoms with van der Waals surface area (Å²) in [6.07, 6.45) is 1.24. The zero-order valence-electron chi connectivity index (χ0n) is 11.6. The summed E-state index contributed by atoms with van der Waals surface area (Å²) in [6, 6.07) is 5.56. The lowest BCUT2D eigenvalue weighted by molar-refractivity contribution is -0.142. The minimum Gasteiger partial charge on any atom is -0.491 e. The van der Waals surface area contributed by atoms with Crippen molar-refractivity contribution in [3.63, 3.8) is 0 Å². The lowest BCUT2D eigenvalue weighted by Crippen LogP contribution is -2.12. The van der Waals surface area contributed by atoms with Gasteiger partial charge in [-0.05, 0) is 25.5 Å². The SMILES string of the molecule is CCCOc1cccc(NCCC(=O)OCC)c1N. The van der Waals surface area contributed by atoms with Gasteiger partial charge >= 0.3 is 5.97 Å². The average Bonchev–Trinajstić information content (AvgIpc) is 2.40. The van der Waals surface area contributed by atoms with Gasteiger partial charge in [0.2, 0.25) is 0 Å². The van der Waals surface area contributed by atoms with Crippen LogP contribution in [0.3, 0.4) is 0 Å². The van der Waals surface area contributed by atoms with Gasteiger partial charge in [0, 0.05) is 6.54 Å². The molecule has 0 atom stereocenters. The van der Waals surface area contributed by atoms with E-state index in [4.69, 9.17) is 15.2 Å². The maximum absolute atomic E-state index is 11.2. The maximum atomic E-state index is 11.2. The number of nitrogen functional groups attached to an aromatic ring is 1. The first-order valence-electron chi connectivity index (χ1n) is 6.59. The summed E-state index contributed by atoms with van der Waals surface area (Å²) < 4.78 is 10.4. The van der Waals surface area contributed by atoms with E-state index >= 15 is 0 Å². The quantitative estimate of drug-likeness (QED) is 0.558. The second kappa shape index (κ2) is 8.24.